The van der Waals surface area contributed by atoms with Crippen LogP contribution in [0.1, 0.15) is 19.2 Å². The first-order valence-electron chi connectivity index (χ1n) is 6.50. The molecule has 3 rings (SSSR count). The maximum absolute atomic E-state index is 13.1. The second-order valence-corrected chi connectivity index (χ2v) is 5.41. The molecule has 0 unspecified atom stereocenters. The first-order chi connectivity index (χ1) is 10.2. The normalized spacial score (nSPS) is 11.3. The van der Waals surface area contributed by atoms with E-state index in [0.29, 0.717) is 34.4 Å². The lowest BCUT2D eigenvalue weighted by atomic mass is 10.3. The molecule has 1 aromatic carbocycles. The second-order valence-electron chi connectivity index (χ2n) is 4.47. The van der Waals surface area contributed by atoms with Crippen LogP contribution in [0.15, 0.2) is 32.6 Å². The number of halogens is 1. The molecule has 21 heavy (non-hydrogen) atoms. The highest BCUT2D eigenvalue weighted by molar-refractivity contribution is 7.98. The van der Waals surface area contributed by atoms with E-state index < -0.39 is 0 Å². The maximum Gasteiger partial charge on any atom is 0.343 e. The van der Waals surface area contributed by atoms with Gasteiger partial charge in [-0.25, -0.2) is 19.3 Å². The molecule has 0 saturated carbocycles. The zero-order valence-corrected chi connectivity index (χ0v) is 12.1. The summed E-state index contributed by atoms with van der Waals surface area (Å²) < 4.78 is 20.1. The summed E-state index contributed by atoms with van der Waals surface area (Å²) in [6, 6.07) is 4.22. The van der Waals surface area contributed by atoms with Gasteiger partial charge in [-0.15, -0.1) is 5.10 Å². The van der Waals surface area contributed by atoms with Crippen molar-refractivity contribution >= 4 is 22.9 Å². The summed E-state index contributed by atoms with van der Waals surface area (Å²) in [5.74, 6) is 0.533. The first kappa shape index (κ1) is 13.9. The highest BCUT2D eigenvalue weighted by Gasteiger charge is 2.11. The lowest BCUT2D eigenvalue weighted by Crippen LogP contribution is -2.17. The molecule has 2 heterocycles. The minimum Gasteiger partial charge on any atom is -0.440 e. The molecule has 3 aromatic rings. The Hall–Kier alpha value is -2.09. The zero-order valence-electron chi connectivity index (χ0n) is 11.3. The highest BCUT2D eigenvalue weighted by atomic mass is 32.2. The lowest BCUT2D eigenvalue weighted by Gasteiger charge is -2.01. The van der Waals surface area contributed by atoms with Crippen molar-refractivity contribution in [1.29, 1.82) is 0 Å². The molecule has 6 nitrogen and oxygen atoms in total. The SMILES string of the molecule is CCCn1c(SCc2nc3ccc(F)cc3o2)n[nH]c1=O. The van der Waals surface area contributed by atoms with Gasteiger partial charge in [0.2, 0.25) is 5.89 Å². The number of H-pyrrole nitrogens is 1. The summed E-state index contributed by atoms with van der Waals surface area (Å²) in [7, 11) is 0. The number of aromatic amines is 1. The predicted molar refractivity (Wildman–Crippen MR) is 76.7 cm³/mol. The van der Waals surface area contributed by atoms with E-state index in [2.05, 4.69) is 15.2 Å². The Morgan fingerprint density at radius 2 is 2.33 bits per heavy atom. The maximum atomic E-state index is 13.1. The average molecular weight is 308 g/mol. The van der Waals surface area contributed by atoms with E-state index >= 15 is 0 Å². The Bertz CT molecular complexity index is 823. The van der Waals surface area contributed by atoms with Gasteiger partial charge in [0.25, 0.3) is 0 Å². The third kappa shape index (κ3) is 2.85. The molecule has 1 N–H and O–H groups in total. The Balaban J connectivity index is 1.78. The van der Waals surface area contributed by atoms with Gasteiger partial charge in [-0.3, -0.25) is 4.57 Å². The number of nitrogens with zero attached hydrogens (tertiary/aromatic N) is 3. The summed E-state index contributed by atoms with van der Waals surface area (Å²) in [6.07, 6.45) is 0.842. The summed E-state index contributed by atoms with van der Waals surface area (Å²) in [5.41, 5.74) is 0.803. The molecule has 110 valence electrons. The van der Waals surface area contributed by atoms with Crippen LogP contribution in [-0.2, 0) is 12.3 Å². The van der Waals surface area contributed by atoms with E-state index in [0.717, 1.165) is 6.42 Å². The van der Waals surface area contributed by atoms with Gasteiger partial charge < -0.3 is 4.42 Å². The Kier molecular flexibility index (Phi) is 3.78. The van der Waals surface area contributed by atoms with Crippen LogP contribution in [0.3, 0.4) is 0 Å². The minimum atomic E-state index is -0.359. The molecule has 0 bridgehead atoms. The number of fused-ring (bicyclic) bond motifs is 1. The van der Waals surface area contributed by atoms with E-state index in [9.17, 15) is 9.18 Å². The number of rotatable bonds is 5. The molecular formula is C13H13FN4O2S. The standard InChI is InChI=1S/C13H13FN4O2S/c1-2-5-18-12(19)16-17-13(18)21-7-11-15-9-4-3-8(14)6-10(9)20-11/h3-4,6H,2,5,7H2,1H3,(H,16,19). The van der Waals surface area contributed by atoms with E-state index in [1.165, 1.54) is 23.9 Å². The van der Waals surface area contributed by atoms with Gasteiger partial charge in [-0.05, 0) is 18.6 Å². The van der Waals surface area contributed by atoms with Crippen molar-refractivity contribution in [2.24, 2.45) is 0 Å². The summed E-state index contributed by atoms with van der Waals surface area (Å²) in [6.45, 7) is 2.60. The van der Waals surface area contributed by atoms with Crippen LogP contribution in [0.4, 0.5) is 4.39 Å². The van der Waals surface area contributed by atoms with E-state index in [4.69, 9.17) is 4.42 Å². The largest absolute Gasteiger partial charge is 0.440 e. The monoisotopic (exact) mass is 308 g/mol. The van der Waals surface area contributed by atoms with Crippen molar-refractivity contribution in [1.82, 2.24) is 19.7 Å². The first-order valence-corrected chi connectivity index (χ1v) is 7.49. The molecule has 0 fully saturated rings. The van der Waals surface area contributed by atoms with Gasteiger partial charge in [0.05, 0.1) is 5.75 Å². The van der Waals surface area contributed by atoms with Crippen LogP contribution < -0.4 is 5.69 Å². The van der Waals surface area contributed by atoms with Gasteiger partial charge in [0.1, 0.15) is 11.3 Å². The lowest BCUT2D eigenvalue weighted by molar-refractivity contribution is 0.550. The van der Waals surface area contributed by atoms with Crippen molar-refractivity contribution in [2.45, 2.75) is 30.8 Å². The van der Waals surface area contributed by atoms with Crippen LogP contribution in [-0.4, -0.2) is 19.7 Å². The fourth-order valence-corrected chi connectivity index (χ4v) is 2.78. The number of nitrogens with one attached hydrogen (secondary N) is 1. The van der Waals surface area contributed by atoms with Gasteiger partial charge in [-0.2, -0.15) is 0 Å². The van der Waals surface area contributed by atoms with Crippen LogP contribution in [0.25, 0.3) is 11.1 Å². The van der Waals surface area contributed by atoms with Gasteiger partial charge >= 0.3 is 5.69 Å². The van der Waals surface area contributed by atoms with Crippen LogP contribution in [0, 0.1) is 5.82 Å². The molecular weight excluding hydrogens is 295 g/mol. The Morgan fingerprint density at radius 1 is 1.48 bits per heavy atom. The summed E-state index contributed by atoms with van der Waals surface area (Å²) in [5, 5.41) is 7.00. The fraction of sp³-hybridized carbons (Fsp3) is 0.308. The van der Waals surface area contributed by atoms with Crippen molar-refractivity contribution < 1.29 is 8.81 Å². The number of benzene rings is 1. The van der Waals surface area contributed by atoms with Crippen molar-refractivity contribution in [3.63, 3.8) is 0 Å². The predicted octanol–water partition coefficient (Wildman–Crippen LogP) is 2.55. The number of hydrogen-bond acceptors (Lipinski definition) is 5. The molecule has 8 heteroatoms. The number of thioether (sulfide) groups is 1. The van der Waals surface area contributed by atoms with Crippen LogP contribution >= 0.6 is 11.8 Å². The van der Waals surface area contributed by atoms with Crippen molar-refractivity contribution in [2.75, 3.05) is 0 Å². The van der Waals surface area contributed by atoms with E-state index in [-0.39, 0.29) is 11.5 Å². The fourth-order valence-electron chi connectivity index (χ4n) is 1.97. The van der Waals surface area contributed by atoms with E-state index in [1.54, 1.807) is 10.6 Å². The average Bonchev–Trinajstić information content (AvgIpc) is 3.01. The summed E-state index contributed by atoms with van der Waals surface area (Å²) >= 11 is 1.35. The van der Waals surface area contributed by atoms with E-state index in [1.807, 2.05) is 6.92 Å². The van der Waals surface area contributed by atoms with Gasteiger partial charge in [-0.1, -0.05) is 18.7 Å². The Morgan fingerprint density at radius 3 is 3.14 bits per heavy atom. The number of oxazole rings is 1. The van der Waals surface area contributed by atoms with Crippen molar-refractivity contribution in [3.05, 3.63) is 40.4 Å². The molecule has 0 aliphatic rings. The molecule has 0 aliphatic heterocycles. The number of hydrogen-bond donors (Lipinski definition) is 1. The van der Waals surface area contributed by atoms with Gasteiger partial charge in [0.15, 0.2) is 10.7 Å². The molecule has 0 radical (unpaired) electrons. The Labute approximate surface area is 123 Å². The third-order valence-corrected chi connectivity index (χ3v) is 3.85. The molecule has 2 aromatic heterocycles. The third-order valence-electron chi connectivity index (χ3n) is 2.89. The van der Waals surface area contributed by atoms with Crippen LogP contribution in [0.2, 0.25) is 0 Å². The molecule has 0 atom stereocenters. The minimum absolute atomic E-state index is 0.223. The second kappa shape index (κ2) is 5.72. The number of aromatic nitrogens is 4. The van der Waals surface area contributed by atoms with Crippen molar-refractivity contribution in [3.8, 4) is 0 Å². The topological polar surface area (TPSA) is 76.7 Å². The van der Waals surface area contributed by atoms with Crippen LogP contribution in [0.5, 0.6) is 0 Å². The molecule has 0 amide bonds. The smallest absolute Gasteiger partial charge is 0.343 e. The molecule has 0 spiro atoms. The summed E-state index contributed by atoms with van der Waals surface area (Å²) in [4.78, 5) is 15.8. The quantitative estimate of drug-likeness (QED) is 0.733. The molecule has 0 aliphatic carbocycles. The highest BCUT2D eigenvalue weighted by Crippen LogP contribution is 2.23. The van der Waals surface area contributed by atoms with Gasteiger partial charge in [0, 0.05) is 12.6 Å². The zero-order chi connectivity index (χ0) is 14.8. The molecule has 0 saturated heterocycles.